The Kier molecular flexibility index (Phi) is 4.71. The molecule has 0 fully saturated rings. The summed E-state index contributed by atoms with van der Waals surface area (Å²) in [5, 5.41) is 21.3. The molecule has 7 nitrogen and oxygen atoms in total. The molecule has 2 heterocycles. The Balaban J connectivity index is 1.63. The molecule has 8 heteroatoms. The van der Waals surface area contributed by atoms with Gasteiger partial charge in [0.05, 0.1) is 11.6 Å². The largest absolute Gasteiger partial charge is 0.508 e. The van der Waals surface area contributed by atoms with Gasteiger partial charge in [0.2, 0.25) is 0 Å². The van der Waals surface area contributed by atoms with Crippen LogP contribution in [0.4, 0.5) is 0 Å². The summed E-state index contributed by atoms with van der Waals surface area (Å²) in [5.74, 6) is -1.92. The highest BCUT2D eigenvalue weighted by molar-refractivity contribution is 7.18. The number of amides is 1. The summed E-state index contributed by atoms with van der Waals surface area (Å²) >= 11 is 1.26. The molecule has 3 aromatic rings. The van der Waals surface area contributed by atoms with Crippen LogP contribution in [0.3, 0.4) is 0 Å². The summed E-state index contributed by atoms with van der Waals surface area (Å²) in [6, 6.07) is 6.36. The summed E-state index contributed by atoms with van der Waals surface area (Å²) in [4.78, 5) is 29.2. The van der Waals surface area contributed by atoms with Crippen molar-refractivity contribution in [1.82, 2.24) is 14.7 Å². The number of carboxylic acid groups (broad SMARTS) is 1. The van der Waals surface area contributed by atoms with Crippen LogP contribution in [0.15, 0.2) is 36.7 Å². The molecule has 1 unspecified atom stereocenters. The molecule has 0 saturated heterocycles. The highest BCUT2D eigenvalue weighted by Crippen LogP contribution is 2.18. The van der Waals surface area contributed by atoms with Crippen molar-refractivity contribution in [2.24, 2.45) is 5.92 Å². The molecular weight excluding hydrogens is 342 g/mol. The van der Waals surface area contributed by atoms with Crippen LogP contribution < -0.4 is 5.32 Å². The van der Waals surface area contributed by atoms with Crippen molar-refractivity contribution in [2.75, 3.05) is 6.54 Å². The van der Waals surface area contributed by atoms with Crippen LogP contribution >= 0.6 is 11.3 Å². The number of nitrogens with zero attached hydrogens (tertiary/aromatic N) is 2. The zero-order valence-electron chi connectivity index (χ0n) is 13.5. The lowest BCUT2D eigenvalue weighted by molar-refractivity contribution is -0.141. The molecule has 0 aliphatic rings. The first-order valence-corrected chi connectivity index (χ1v) is 8.48. The van der Waals surface area contributed by atoms with Gasteiger partial charge in [-0.25, -0.2) is 4.98 Å². The van der Waals surface area contributed by atoms with Crippen molar-refractivity contribution < 1.29 is 19.8 Å². The second-order valence-corrected chi connectivity index (χ2v) is 6.79. The predicted molar refractivity (Wildman–Crippen MR) is 93.1 cm³/mol. The van der Waals surface area contributed by atoms with Crippen LogP contribution in [0, 0.1) is 12.8 Å². The number of carbonyl (C=O) groups excluding carboxylic acids is 1. The molecule has 0 aliphatic heterocycles. The number of phenols is 1. The van der Waals surface area contributed by atoms with Gasteiger partial charge in [-0.3, -0.25) is 14.0 Å². The zero-order chi connectivity index (χ0) is 18.0. The normalized spacial score (nSPS) is 12.2. The third-order valence-corrected chi connectivity index (χ3v) is 4.77. The van der Waals surface area contributed by atoms with E-state index in [1.807, 2.05) is 13.1 Å². The van der Waals surface area contributed by atoms with Crippen LogP contribution in [0.2, 0.25) is 0 Å². The first-order valence-electron chi connectivity index (χ1n) is 7.66. The van der Waals surface area contributed by atoms with E-state index in [4.69, 9.17) is 0 Å². The van der Waals surface area contributed by atoms with Crippen LogP contribution in [0.25, 0.3) is 4.96 Å². The van der Waals surface area contributed by atoms with Crippen molar-refractivity contribution in [3.63, 3.8) is 0 Å². The molecule has 0 saturated carbocycles. The number of rotatable bonds is 6. The monoisotopic (exact) mass is 359 g/mol. The zero-order valence-corrected chi connectivity index (χ0v) is 14.3. The fourth-order valence-corrected chi connectivity index (χ4v) is 3.41. The fraction of sp³-hybridized carbons (Fsp3) is 0.235. The van der Waals surface area contributed by atoms with Crippen LogP contribution in [-0.4, -0.2) is 38.0 Å². The van der Waals surface area contributed by atoms with Gasteiger partial charge in [0.25, 0.3) is 5.91 Å². The number of carboxylic acids is 1. The lowest BCUT2D eigenvalue weighted by Crippen LogP contribution is -2.33. The lowest BCUT2D eigenvalue weighted by Gasteiger charge is -2.13. The minimum atomic E-state index is -0.981. The van der Waals surface area contributed by atoms with Gasteiger partial charge < -0.3 is 15.5 Å². The minimum absolute atomic E-state index is 0.0221. The Morgan fingerprint density at radius 2 is 2.00 bits per heavy atom. The molecule has 1 amide bonds. The van der Waals surface area contributed by atoms with Gasteiger partial charge in [0, 0.05) is 18.9 Å². The first kappa shape index (κ1) is 17.0. The Labute approximate surface area is 147 Å². The van der Waals surface area contributed by atoms with E-state index in [-0.39, 0.29) is 24.6 Å². The maximum atomic E-state index is 12.3. The molecule has 3 N–H and O–H groups in total. The van der Waals surface area contributed by atoms with E-state index in [0.29, 0.717) is 4.88 Å². The topological polar surface area (TPSA) is 104 Å². The van der Waals surface area contributed by atoms with Gasteiger partial charge in [-0.2, -0.15) is 0 Å². The van der Waals surface area contributed by atoms with Gasteiger partial charge in [-0.05, 0) is 31.0 Å². The average Bonchev–Trinajstić information content (AvgIpc) is 3.10. The average molecular weight is 359 g/mol. The molecule has 25 heavy (non-hydrogen) atoms. The SMILES string of the molecule is Cc1cn2cc(C(=O)NCC(Cc3ccc(O)cc3)C(=O)O)sc2n1. The summed E-state index contributed by atoms with van der Waals surface area (Å²) in [5.41, 5.74) is 1.66. The van der Waals surface area contributed by atoms with E-state index < -0.39 is 11.9 Å². The fourth-order valence-electron chi connectivity index (χ4n) is 2.48. The number of carbonyl (C=O) groups is 2. The summed E-state index contributed by atoms with van der Waals surface area (Å²) in [6.07, 6.45) is 3.78. The molecule has 130 valence electrons. The predicted octanol–water partition coefficient (Wildman–Crippen LogP) is 2.08. The quantitative estimate of drug-likeness (QED) is 0.625. The molecule has 0 bridgehead atoms. The summed E-state index contributed by atoms with van der Waals surface area (Å²) in [7, 11) is 0. The van der Waals surface area contributed by atoms with E-state index in [0.717, 1.165) is 16.2 Å². The number of thiazole rings is 1. The number of aryl methyl sites for hydroxylation is 1. The van der Waals surface area contributed by atoms with Gasteiger partial charge >= 0.3 is 5.97 Å². The first-order chi connectivity index (χ1) is 11.9. The van der Waals surface area contributed by atoms with Crippen molar-refractivity contribution in [3.05, 3.63) is 52.8 Å². The van der Waals surface area contributed by atoms with E-state index in [2.05, 4.69) is 10.3 Å². The summed E-state index contributed by atoms with van der Waals surface area (Å²) in [6.45, 7) is 1.90. The molecule has 0 aliphatic carbocycles. The van der Waals surface area contributed by atoms with Gasteiger partial charge in [0.15, 0.2) is 4.96 Å². The standard InChI is InChI=1S/C17H17N3O4S/c1-10-8-20-9-14(25-17(20)19-10)15(22)18-7-12(16(23)24)6-11-2-4-13(21)5-3-11/h2-5,8-9,12,21H,6-7H2,1H3,(H,18,22)(H,23,24). The van der Waals surface area contributed by atoms with Gasteiger partial charge in [-0.1, -0.05) is 23.5 Å². The number of hydrogen-bond acceptors (Lipinski definition) is 5. The second kappa shape index (κ2) is 6.94. The number of benzene rings is 1. The van der Waals surface area contributed by atoms with E-state index in [9.17, 15) is 19.8 Å². The molecule has 2 aromatic heterocycles. The second-order valence-electron chi connectivity index (χ2n) is 5.78. The number of aliphatic carboxylic acids is 1. The molecule has 1 aromatic carbocycles. The maximum absolute atomic E-state index is 12.3. The number of hydrogen-bond donors (Lipinski definition) is 3. The maximum Gasteiger partial charge on any atom is 0.308 e. The van der Waals surface area contributed by atoms with Crippen molar-refractivity contribution >= 4 is 28.2 Å². The van der Waals surface area contributed by atoms with E-state index in [1.165, 1.54) is 23.5 Å². The number of imidazole rings is 1. The smallest absolute Gasteiger partial charge is 0.308 e. The number of phenolic OH excluding ortho intramolecular Hbond substituents is 1. The van der Waals surface area contributed by atoms with E-state index in [1.54, 1.807) is 22.7 Å². The Bertz CT molecular complexity index is 882. The van der Waals surface area contributed by atoms with Crippen molar-refractivity contribution in [2.45, 2.75) is 13.3 Å². The Morgan fingerprint density at radius 3 is 2.64 bits per heavy atom. The number of nitrogens with one attached hydrogen (secondary N) is 1. The van der Waals surface area contributed by atoms with Crippen molar-refractivity contribution in [1.29, 1.82) is 0 Å². The third-order valence-electron chi connectivity index (χ3n) is 3.78. The molecule has 3 rings (SSSR count). The highest BCUT2D eigenvalue weighted by Gasteiger charge is 2.20. The van der Waals surface area contributed by atoms with Crippen molar-refractivity contribution in [3.8, 4) is 5.75 Å². The number of aromatic hydroxyl groups is 1. The van der Waals surface area contributed by atoms with E-state index >= 15 is 0 Å². The molecular formula is C17H17N3O4S. The summed E-state index contributed by atoms with van der Waals surface area (Å²) < 4.78 is 1.78. The number of fused-ring (bicyclic) bond motifs is 1. The minimum Gasteiger partial charge on any atom is -0.508 e. The third kappa shape index (κ3) is 3.97. The Hall–Kier alpha value is -2.87. The van der Waals surface area contributed by atoms with Gasteiger partial charge in [-0.15, -0.1) is 0 Å². The lowest BCUT2D eigenvalue weighted by atomic mass is 9.99. The molecule has 0 spiro atoms. The van der Waals surface area contributed by atoms with Crippen LogP contribution in [0.5, 0.6) is 5.75 Å². The van der Waals surface area contributed by atoms with Crippen LogP contribution in [-0.2, 0) is 11.2 Å². The molecule has 1 atom stereocenters. The molecule has 0 radical (unpaired) electrons. The Morgan fingerprint density at radius 1 is 1.28 bits per heavy atom. The van der Waals surface area contributed by atoms with Gasteiger partial charge in [0.1, 0.15) is 10.6 Å². The number of aromatic nitrogens is 2. The highest BCUT2D eigenvalue weighted by atomic mass is 32.1. The van der Waals surface area contributed by atoms with Crippen LogP contribution in [0.1, 0.15) is 20.9 Å².